The number of rotatable bonds is 5. The summed E-state index contributed by atoms with van der Waals surface area (Å²) in [5.41, 5.74) is 1.83. The number of anilines is 1. The first-order valence-corrected chi connectivity index (χ1v) is 6.96. The molecule has 1 heterocycles. The summed E-state index contributed by atoms with van der Waals surface area (Å²) in [5.74, 6) is 0.0169. The summed E-state index contributed by atoms with van der Waals surface area (Å²) in [6, 6.07) is 8.26. The van der Waals surface area contributed by atoms with Gasteiger partial charge >= 0.3 is 0 Å². The highest BCUT2D eigenvalue weighted by Crippen LogP contribution is 2.12. The molecule has 1 saturated heterocycles. The van der Waals surface area contributed by atoms with Crippen LogP contribution in [0.4, 0.5) is 5.69 Å². The van der Waals surface area contributed by atoms with Crippen molar-refractivity contribution < 1.29 is 4.79 Å². The summed E-state index contributed by atoms with van der Waals surface area (Å²) in [6.45, 7) is 1.86. The van der Waals surface area contributed by atoms with Crippen LogP contribution < -0.4 is 15.5 Å². The van der Waals surface area contributed by atoms with Gasteiger partial charge in [-0.25, -0.2) is 0 Å². The monoisotopic (exact) mass is 261 g/mol. The molecule has 1 aliphatic rings. The molecule has 1 aromatic rings. The van der Waals surface area contributed by atoms with Crippen molar-refractivity contribution in [3.63, 3.8) is 0 Å². The highest BCUT2D eigenvalue weighted by Gasteiger charge is 2.13. The number of nitrogens with zero attached hydrogens (tertiary/aromatic N) is 1. The van der Waals surface area contributed by atoms with E-state index in [1.807, 2.05) is 43.3 Å². The first-order valence-electron chi connectivity index (χ1n) is 6.96. The zero-order chi connectivity index (χ0) is 13.7. The van der Waals surface area contributed by atoms with E-state index in [-0.39, 0.29) is 5.91 Å². The minimum Gasteiger partial charge on any atom is -0.378 e. The Balaban J connectivity index is 1.78. The van der Waals surface area contributed by atoms with Gasteiger partial charge in [0.1, 0.15) is 0 Å². The van der Waals surface area contributed by atoms with Crippen LogP contribution in [-0.2, 0) is 0 Å². The van der Waals surface area contributed by atoms with E-state index in [0.29, 0.717) is 6.04 Å². The van der Waals surface area contributed by atoms with E-state index < -0.39 is 0 Å². The third-order valence-electron chi connectivity index (χ3n) is 3.59. The zero-order valence-corrected chi connectivity index (χ0v) is 11.8. The van der Waals surface area contributed by atoms with E-state index >= 15 is 0 Å². The van der Waals surface area contributed by atoms with Crippen LogP contribution in [-0.4, -0.2) is 39.1 Å². The van der Waals surface area contributed by atoms with Gasteiger partial charge in [-0.3, -0.25) is 4.79 Å². The fraction of sp³-hybridized carbons (Fsp3) is 0.533. The Labute approximate surface area is 115 Å². The van der Waals surface area contributed by atoms with Crippen LogP contribution in [0.1, 0.15) is 29.6 Å². The number of hydrogen-bond acceptors (Lipinski definition) is 3. The Morgan fingerprint density at radius 3 is 2.68 bits per heavy atom. The molecule has 1 fully saturated rings. The van der Waals surface area contributed by atoms with Gasteiger partial charge in [-0.2, -0.15) is 0 Å². The number of hydrogen-bond donors (Lipinski definition) is 2. The molecule has 1 aromatic carbocycles. The lowest BCUT2D eigenvalue weighted by molar-refractivity contribution is 0.0952. The van der Waals surface area contributed by atoms with Gasteiger partial charge in [0.05, 0.1) is 0 Å². The largest absolute Gasteiger partial charge is 0.378 e. The summed E-state index contributed by atoms with van der Waals surface area (Å²) in [4.78, 5) is 14.0. The first-order chi connectivity index (χ1) is 9.16. The second-order valence-electron chi connectivity index (χ2n) is 5.28. The van der Waals surface area contributed by atoms with Gasteiger partial charge in [-0.05, 0) is 50.1 Å². The molecule has 0 saturated carbocycles. The summed E-state index contributed by atoms with van der Waals surface area (Å²) < 4.78 is 0. The van der Waals surface area contributed by atoms with E-state index in [4.69, 9.17) is 0 Å². The molecule has 1 aliphatic heterocycles. The average molecular weight is 261 g/mol. The maximum atomic E-state index is 12.0. The van der Waals surface area contributed by atoms with Crippen molar-refractivity contribution >= 4 is 11.6 Å². The quantitative estimate of drug-likeness (QED) is 0.846. The molecule has 104 valence electrons. The molecule has 0 aromatic heterocycles. The molecule has 0 radical (unpaired) electrons. The maximum Gasteiger partial charge on any atom is 0.251 e. The molecule has 19 heavy (non-hydrogen) atoms. The first kappa shape index (κ1) is 13.9. The maximum absolute atomic E-state index is 12.0. The molecule has 2 N–H and O–H groups in total. The van der Waals surface area contributed by atoms with E-state index in [9.17, 15) is 4.79 Å². The molecule has 4 nitrogen and oxygen atoms in total. The van der Waals surface area contributed by atoms with E-state index in [2.05, 4.69) is 10.6 Å². The van der Waals surface area contributed by atoms with Crippen LogP contribution in [0.5, 0.6) is 0 Å². The van der Waals surface area contributed by atoms with Gasteiger partial charge in [0.25, 0.3) is 5.91 Å². The van der Waals surface area contributed by atoms with Crippen LogP contribution in [0.25, 0.3) is 0 Å². The predicted octanol–water partition coefficient (Wildman–Crippen LogP) is 1.62. The molecular weight excluding hydrogens is 238 g/mol. The molecular formula is C15H23N3O. The zero-order valence-electron chi connectivity index (χ0n) is 11.8. The SMILES string of the molecule is CN(C)c1ccc(C(=O)NCCC2CCCN2)cc1. The number of carbonyl (C=O) groups is 1. The number of amides is 1. The third kappa shape index (κ3) is 3.96. The third-order valence-corrected chi connectivity index (χ3v) is 3.59. The van der Waals surface area contributed by atoms with Crippen molar-refractivity contribution in [2.24, 2.45) is 0 Å². The van der Waals surface area contributed by atoms with Crippen molar-refractivity contribution in [2.45, 2.75) is 25.3 Å². The highest BCUT2D eigenvalue weighted by atomic mass is 16.1. The topological polar surface area (TPSA) is 44.4 Å². The number of benzene rings is 1. The summed E-state index contributed by atoms with van der Waals surface area (Å²) in [5, 5.41) is 6.42. The standard InChI is InChI=1S/C15H23N3O/c1-18(2)14-7-5-12(6-8-14)15(19)17-11-9-13-4-3-10-16-13/h5-8,13,16H,3-4,9-11H2,1-2H3,(H,17,19). The molecule has 1 unspecified atom stereocenters. The van der Waals surface area contributed by atoms with Crippen molar-refractivity contribution in [3.05, 3.63) is 29.8 Å². The second-order valence-corrected chi connectivity index (χ2v) is 5.28. The van der Waals surface area contributed by atoms with Crippen molar-refractivity contribution in [1.82, 2.24) is 10.6 Å². The Morgan fingerprint density at radius 2 is 2.11 bits per heavy atom. The summed E-state index contributed by atoms with van der Waals surface area (Å²) in [6.07, 6.45) is 3.50. The molecule has 4 heteroatoms. The van der Waals surface area contributed by atoms with Crippen LogP contribution >= 0.6 is 0 Å². The molecule has 0 aliphatic carbocycles. The molecule has 2 rings (SSSR count). The Morgan fingerprint density at radius 1 is 1.37 bits per heavy atom. The molecule has 0 spiro atoms. The number of carbonyl (C=O) groups excluding carboxylic acids is 1. The second kappa shape index (κ2) is 6.57. The van der Waals surface area contributed by atoms with Crippen LogP contribution in [0, 0.1) is 0 Å². The van der Waals surface area contributed by atoms with Crippen LogP contribution in [0.2, 0.25) is 0 Å². The van der Waals surface area contributed by atoms with E-state index in [1.165, 1.54) is 12.8 Å². The van der Waals surface area contributed by atoms with Crippen molar-refractivity contribution in [2.75, 3.05) is 32.1 Å². The average Bonchev–Trinajstić information content (AvgIpc) is 2.92. The van der Waals surface area contributed by atoms with Crippen molar-refractivity contribution in [3.8, 4) is 0 Å². The van der Waals surface area contributed by atoms with Gasteiger partial charge in [0.15, 0.2) is 0 Å². The summed E-state index contributed by atoms with van der Waals surface area (Å²) >= 11 is 0. The normalized spacial score (nSPS) is 18.3. The fourth-order valence-corrected chi connectivity index (χ4v) is 2.38. The predicted molar refractivity (Wildman–Crippen MR) is 78.7 cm³/mol. The fourth-order valence-electron chi connectivity index (χ4n) is 2.38. The lowest BCUT2D eigenvalue weighted by Crippen LogP contribution is -2.30. The lowest BCUT2D eigenvalue weighted by Gasteiger charge is -2.13. The van der Waals surface area contributed by atoms with Gasteiger partial charge < -0.3 is 15.5 Å². The Bertz CT molecular complexity index is 408. The van der Waals surface area contributed by atoms with Gasteiger partial charge in [0, 0.05) is 37.9 Å². The minimum atomic E-state index is 0.0169. The van der Waals surface area contributed by atoms with Gasteiger partial charge in [-0.1, -0.05) is 0 Å². The van der Waals surface area contributed by atoms with Crippen molar-refractivity contribution in [1.29, 1.82) is 0 Å². The number of nitrogens with one attached hydrogen (secondary N) is 2. The minimum absolute atomic E-state index is 0.0169. The Hall–Kier alpha value is -1.55. The highest BCUT2D eigenvalue weighted by molar-refractivity contribution is 5.94. The molecule has 1 atom stereocenters. The molecule has 0 bridgehead atoms. The van der Waals surface area contributed by atoms with Crippen LogP contribution in [0.3, 0.4) is 0 Å². The van der Waals surface area contributed by atoms with Gasteiger partial charge in [-0.15, -0.1) is 0 Å². The van der Waals surface area contributed by atoms with Gasteiger partial charge in [0.2, 0.25) is 0 Å². The summed E-state index contributed by atoms with van der Waals surface area (Å²) in [7, 11) is 3.98. The molecule has 1 amide bonds. The van der Waals surface area contributed by atoms with E-state index in [0.717, 1.165) is 30.8 Å². The lowest BCUT2D eigenvalue weighted by atomic mass is 10.1. The Kier molecular flexibility index (Phi) is 4.80. The van der Waals surface area contributed by atoms with Crippen LogP contribution in [0.15, 0.2) is 24.3 Å². The smallest absolute Gasteiger partial charge is 0.251 e. The van der Waals surface area contributed by atoms with E-state index in [1.54, 1.807) is 0 Å².